The minimum Gasteiger partial charge on any atom is -0.354 e. The van der Waals surface area contributed by atoms with Crippen molar-refractivity contribution in [2.75, 3.05) is 31.1 Å². The average molecular weight is 356 g/mol. The van der Waals surface area contributed by atoms with Crippen LogP contribution in [0.2, 0.25) is 0 Å². The molecule has 1 fully saturated rings. The standard InChI is InChI=1S/C16H19F3N4S/c1-11-14(24-12(2)21-11)10-22-5-7-23(8-6-22)15-4-3-13(9-20-15)16(17,18)19/h3-4,9H,5-8,10H2,1-2H3. The maximum absolute atomic E-state index is 12.6. The molecule has 3 rings (SSSR count). The van der Waals surface area contributed by atoms with Crippen LogP contribution < -0.4 is 4.90 Å². The fourth-order valence-corrected chi connectivity index (χ4v) is 3.78. The molecule has 130 valence electrons. The van der Waals surface area contributed by atoms with Crippen LogP contribution in [0.25, 0.3) is 0 Å². The normalized spacial score (nSPS) is 16.6. The number of hydrogen-bond acceptors (Lipinski definition) is 5. The van der Waals surface area contributed by atoms with Crippen molar-refractivity contribution >= 4 is 17.2 Å². The van der Waals surface area contributed by atoms with E-state index in [0.29, 0.717) is 5.82 Å². The summed E-state index contributed by atoms with van der Waals surface area (Å²) in [4.78, 5) is 14.1. The van der Waals surface area contributed by atoms with Crippen LogP contribution in [-0.4, -0.2) is 41.0 Å². The van der Waals surface area contributed by atoms with Gasteiger partial charge < -0.3 is 4.90 Å². The van der Waals surface area contributed by atoms with E-state index in [1.54, 1.807) is 11.3 Å². The smallest absolute Gasteiger partial charge is 0.354 e. The van der Waals surface area contributed by atoms with Crippen LogP contribution in [0.5, 0.6) is 0 Å². The molecule has 0 saturated carbocycles. The van der Waals surface area contributed by atoms with E-state index in [1.807, 2.05) is 18.7 Å². The molecule has 0 spiro atoms. The molecule has 0 radical (unpaired) electrons. The number of rotatable bonds is 3. The monoisotopic (exact) mass is 356 g/mol. The Bertz CT molecular complexity index is 688. The molecular weight excluding hydrogens is 337 g/mol. The highest BCUT2D eigenvalue weighted by molar-refractivity contribution is 7.11. The first-order valence-electron chi connectivity index (χ1n) is 7.76. The van der Waals surface area contributed by atoms with Gasteiger partial charge in [0.1, 0.15) is 5.82 Å². The van der Waals surface area contributed by atoms with Gasteiger partial charge in [-0.15, -0.1) is 11.3 Å². The van der Waals surface area contributed by atoms with Crippen molar-refractivity contribution in [1.82, 2.24) is 14.9 Å². The summed E-state index contributed by atoms with van der Waals surface area (Å²) in [6.45, 7) is 8.16. The first-order chi connectivity index (χ1) is 11.3. The fourth-order valence-electron chi connectivity index (χ4n) is 2.80. The molecule has 1 aliphatic heterocycles. The van der Waals surface area contributed by atoms with Gasteiger partial charge in [-0.25, -0.2) is 9.97 Å². The van der Waals surface area contributed by atoms with E-state index >= 15 is 0 Å². The topological polar surface area (TPSA) is 32.3 Å². The zero-order chi connectivity index (χ0) is 17.3. The summed E-state index contributed by atoms with van der Waals surface area (Å²) in [6, 6.07) is 2.55. The van der Waals surface area contributed by atoms with Gasteiger partial charge in [0.05, 0.1) is 16.3 Å². The first-order valence-corrected chi connectivity index (χ1v) is 8.58. The highest BCUT2D eigenvalue weighted by Gasteiger charge is 2.31. The van der Waals surface area contributed by atoms with Gasteiger partial charge in [-0.05, 0) is 26.0 Å². The molecule has 0 aliphatic carbocycles. The van der Waals surface area contributed by atoms with E-state index in [1.165, 1.54) is 10.9 Å². The number of anilines is 1. The SMILES string of the molecule is Cc1nc(C)c(CN2CCN(c3ccc(C(F)(F)F)cn3)CC2)s1. The lowest BCUT2D eigenvalue weighted by atomic mass is 10.2. The van der Waals surface area contributed by atoms with Crippen LogP contribution >= 0.6 is 11.3 Å². The lowest BCUT2D eigenvalue weighted by Gasteiger charge is -2.35. The van der Waals surface area contributed by atoms with Gasteiger partial charge in [0.2, 0.25) is 0 Å². The van der Waals surface area contributed by atoms with E-state index in [2.05, 4.69) is 14.9 Å². The van der Waals surface area contributed by atoms with Gasteiger partial charge in [-0.1, -0.05) is 0 Å². The van der Waals surface area contributed by atoms with E-state index in [-0.39, 0.29) is 0 Å². The van der Waals surface area contributed by atoms with Gasteiger partial charge in [0, 0.05) is 43.8 Å². The van der Waals surface area contributed by atoms with E-state index in [0.717, 1.165) is 55.7 Å². The molecule has 0 unspecified atom stereocenters. The Morgan fingerprint density at radius 2 is 1.83 bits per heavy atom. The van der Waals surface area contributed by atoms with Crippen molar-refractivity contribution in [3.05, 3.63) is 39.5 Å². The molecule has 0 aromatic carbocycles. The number of halogens is 3. The van der Waals surface area contributed by atoms with Crippen LogP contribution in [0.4, 0.5) is 19.0 Å². The summed E-state index contributed by atoms with van der Waals surface area (Å²) in [7, 11) is 0. The number of hydrogen-bond donors (Lipinski definition) is 0. The van der Waals surface area contributed by atoms with Crippen LogP contribution in [-0.2, 0) is 12.7 Å². The van der Waals surface area contributed by atoms with Crippen LogP contribution in [0.3, 0.4) is 0 Å². The molecule has 24 heavy (non-hydrogen) atoms. The summed E-state index contributed by atoms with van der Waals surface area (Å²) in [6.07, 6.45) is -3.43. The number of alkyl halides is 3. The number of piperazine rings is 1. The molecule has 8 heteroatoms. The third kappa shape index (κ3) is 3.87. The summed E-state index contributed by atoms with van der Waals surface area (Å²) in [5.74, 6) is 0.604. The van der Waals surface area contributed by atoms with Crippen molar-refractivity contribution in [2.45, 2.75) is 26.6 Å². The molecule has 0 amide bonds. The highest BCUT2D eigenvalue weighted by atomic mass is 32.1. The van der Waals surface area contributed by atoms with Crippen molar-refractivity contribution in [3.63, 3.8) is 0 Å². The number of pyridine rings is 1. The molecule has 0 bridgehead atoms. The molecule has 0 atom stereocenters. The van der Waals surface area contributed by atoms with Crippen molar-refractivity contribution in [2.24, 2.45) is 0 Å². The molecule has 4 nitrogen and oxygen atoms in total. The Morgan fingerprint density at radius 3 is 2.33 bits per heavy atom. The average Bonchev–Trinajstić information content (AvgIpc) is 2.85. The predicted octanol–water partition coefficient (Wildman–Crippen LogP) is 3.50. The molecule has 3 heterocycles. The summed E-state index contributed by atoms with van der Waals surface area (Å²) in [5, 5.41) is 1.08. The molecular formula is C16H19F3N4S. The quantitative estimate of drug-likeness (QED) is 0.843. The van der Waals surface area contributed by atoms with Crippen molar-refractivity contribution in [1.29, 1.82) is 0 Å². The van der Waals surface area contributed by atoms with E-state index in [4.69, 9.17) is 0 Å². The number of aryl methyl sites for hydroxylation is 2. The molecule has 1 saturated heterocycles. The number of nitrogens with zero attached hydrogens (tertiary/aromatic N) is 4. The Kier molecular flexibility index (Phi) is 4.78. The maximum atomic E-state index is 12.6. The predicted molar refractivity (Wildman–Crippen MR) is 88.3 cm³/mol. The fraction of sp³-hybridized carbons (Fsp3) is 0.500. The largest absolute Gasteiger partial charge is 0.417 e. The minimum absolute atomic E-state index is 0.604. The zero-order valence-electron chi connectivity index (χ0n) is 13.6. The van der Waals surface area contributed by atoms with Crippen LogP contribution in [0.1, 0.15) is 21.1 Å². The summed E-state index contributed by atoms with van der Waals surface area (Å²) in [5.41, 5.74) is 0.380. The number of aromatic nitrogens is 2. The highest BCUT2D eigenvalue weighted by Crippen LogP contribution is 2.29. The summed E-state index contributed by atoms with van der Waals surface area (Å²) < 4.78 is 37.8. The Labute approximate surface area is 142 Å². The second kappa shape index (κ2) is 6.68. The van der Waals surface area contributed by atoms with Gasteiger partial charge in [0.25, 0.3) is 0 Å². The van der Waals surface area contributed by atoms with Gasteiger partial charge in [-0.3, -0.25) is 4.90 Å². The van der Waals surface area contributed by atoms with Crippen molar-refractivity contribution < 1.29 is 13.2 Å². The second-order valence-corrected chi connectivity index (χ2v) is 7.20. The third-order valence-electron chi connectivity index (χ3n) is 4.14. The van der Waals surface area contributed by atoms with Gasteiger partial charge >= 0.3 is 6.18 Å². The Morgan fingerprint density at radius 1 is 1.12 bits per heavy atom. The van der Waals surface area contributed by atoms with Crippen LogP contribution in [0, 0.1) is 13.8 Å². The lowest BCUT2D eigenvalue weighted by molar-refractivity contribution is -0.137. The van der Waals surface area contributed by atoms with Gasteiger partial charge in [-0.2, -0.15) is 13.2 Å². The van der Waals surface area contributed by atoms with E-state index < -0.39 is 11.7 Å². The molecule has 2 aromatic heterocycles. The maximum Gasteiger partial charge on any atom is 0.417 e. The third-order valence-corrected chi connectivity index (χ3v) is 5.20. The first kappa shape index (κ1) is 17.2. The minimum atomic E-state index is -4.34. The van der Waals surface area contributed by atoms with Crippen molar-refractivity contribution in [3.8, 4) is 0 Å². The van der Waals surface area contributed by atoms with E-state index in [9.17, 15) is 13.2 Å². The van der Waals surface area contributed by atoms with Crippen LogP contribution in [0.15, 0.2) is 18.3 Å². The second-order valence-electron chi connectivity index (χ2n) is 5.91. The molecule has 2 aromatic rings. The lowest BCUT2D eigenvalue weighted by Crippen LogP contribution is -2.46. The Hall–Kier alpha value is -1.67. The summed E-state index contributed by atoms with van der Waals surface area (Å²) >= 11 is 1.72. The van der Waals surface area contributed by atoms with Gasteiger partial charge in [0.15, 0.2) is 0 Å². The molecule has 0 N–H and O–H groups in total. The zero-order valence-corrected chi connectivity index (χ0v) is 14.4. The number of thiazole rings is 1. The Balaban J connectivity index is 1.58. The molecule has 1 aliphatic rings.